The van der Waals surface area contributed by atoms with Crippen LogP contribution in [0.25, 0.3) is 0 Å². The number of unbranched alkanes of at least 4 members (excludes halogenated alkanes) is 3. The highest BCUT2D eigenvalue weighted by atomic mass is 32.2. The second-order valence-electron chi connectivity index (χ2n) is 7.76. The van der Waals surface area contributed by atoms with Crippen LogP contribution in [0.2, 0.25) is 0 Å². The number of halogens is 6. The topological polar surface area (TPSA) is 76.7 Å². The fourth-order valence-electron chi connectivity index (χ4n) is 2.97. The van der Waals surface area contributed by atoms with Gasteiger partial charge in [0.15, 0.2) is 0 Å². The van der Waals surface area contributed by atoms with Crippen LogP contribution in [0.15, 0.2) is 48.5 Å². The summed E-state index contributed by atoms with van der Waals surface area (Å²) in [4.78, 5) is 23.9. The molecule has 2 aromatic rings. The molecule has 0 heterocycles. The second-order valence-corrected chi connectivity index (χ2v) is 9.97. The minimum Gasteiger partial charge on any atom is -0.406 e. The fourth-order valence-corrected chi connectivity index (χ4v) is 4.59. The Balaban J connectivity index is 1.45. The fraction of sp³-hybridized carbons (Fsp3) is 0.417. The van der Waals surface area contributed by atoms with Crippen molar-refractivity contribution in [1.82, 2.24) is 0 Å². The van der Waals surface area contributed by atoms with Gasteiger partial charge in [0.2, 0.25) is 11.8 Å². The highest BCUT2D eigenvalue weighted by Crippen LogP contribution is 2.25. The van der Waals surface area contributed by atoms with E-state index in [0.717, 1.165) is 61.5 Å². The number of anilines is 2. The lowest BCUT2D eigenvalue weighted by Gasteiger charge is -2.10. The van der Waals surface area contributed by atoms with Gasteiger partial charge < -0.3 is 20.1 Å². The molecule has 0 bridgehead atoms. The summed E-state index contributed by atoms with van der Waals surface area (Å²) in [6.45, 7) is 0. The number of thioether (sulfide) groups is 2. The van der Waals surface area contributed by atoms with E-state index >= 15 is 0 Å². The van der Waals surface area contributed by atoms with E-state index in [1.165, 1.54) is 47.8 Å². The zero-order valence-corrected chi connectivity index (χ0v) is 21.6. The highest BCUT2D eigenvalue weighted by Gasteiger charge is 2.31. The summed E-state index contributed by atoms with van der Waals surface area (Å²) in [7, 11) is 0. The van der Waals surface area contributed by atoms with Crippen LogP contribution in [0.3, 0.4) is 0 Å². The molecule has 210 valence electrons. The van der Waals surface area contributed by atoms with Gasteiger partial charge in [0.05, 0.1) is 11.5 Å². The van der Waals surface area contributed by atoms with Crippen LogP contribution in [0.1, 0.15) is 25.7 Å². The molecule has 38 heavy (non-hydrogen) atoms. The van der Waals surface area contributed by atoms with Crippen LogP contribution in [0, 0.1) is 0 Å². The predicted octanol–water partition coefficient (Wildman–Crippen LogP) is 7.09. The van der Waals surface area contributed by atoms with Crippen molar-refractivity contribution in [2.75, 3.05) is 33.6 Å². The number of alkyl halides is 6. The SMILES string of the molecule is O=C(CSCCCCCCSCC(=O)Nc1ccc(OC(F)(F)F)cc1)Nc1ccc(OC(F)(F)F)cc1. The van der Waals surface area contributed by atoms with Gasteiger partial charge in [-0.05, 0) is 72.9 Å². The number of amides is 2. The van der Waals surface area contributed by atoms with Crippen LogP contribution in [0.5, 0.6) is 11.5 Å². The number of ether oxygens (including phenoxy) is 2. The van der Waals surface area contributed by atoms with Crippen molar-refractivity contribution in [3.05, 3.63) is 48.5 Å². The summed E-state index contributed by atoms with van der Waals surface area (Å²) in [6, 6.07) is 9.83. The van der Waals surface area contributed by atoms with Gasteiger partial charge >= 0.3 is 12.7 Å². The number of rotatable bonds is 15. The maximum atomic E-state index is 12.2. The average Bonchev–Trinajstić information content (AvgIpc) is 2.81. The van der Waals surface area contributed by atoms with Gasteiger partial charge in [0.25, 0.3) is 0 Å². The molecule has 2 N–H and O–H groups in total. The lowest BCUT2D eigenvalue weighted by atomic mass is 10.2. The molecule has 2 aromatic carbocycles. The largest absolute Gasteiger partial charge is 0.573 e. The Morgan fingerprint density at radius 2 is 0.947 bits per heavy atom. The van der Waals surface area contributed by atoms with Crippen molar-refractivity contribution in [1.29, 1.82) is 0 Å². The van der Waals surface area contributed by atoms with Crippen molar-refractivity contribution in [2.45, 2.75) is 38.4 Å². The normalized spacial score (nSPS) is 11.6. The number of nitrogens with one attached hydrogen (secondary N) is 2. The van der Waals surface area contributed by atoms with Crippen molar-refractivity contribution < 1.29 is 45.4 Å². The summed E-state index contributed by atoms with van der Waals surface area (Å²) in [5, 5.41) is 5.23. The van der Waals surface area contributed by atoms with E-state index in [9.17, 15) is 35.9 Å². The van der Waals surface area contributed by atoms with Crippen LogP contribution in [0.4, 0.5) is 37.7 Å². The molecule has 0 unspecified atom stereocenters. The molecule has 0 spiro atoms. The van der Waals surface area contributed by atoms with Crippen LogP contribution < -0.4 is 20.1 Å². The molecule has 0 aliphatic rings. The standard InChI is InChI=1S/C24H26F6N2O4S2/c25-23(26,27)35-19-9-5-17(6-10-19)31-21(33)15-37-13-3-1-2-4-14-38-16-22(34)32-18-7-11-20(12-8-18)36-24(28,29)30/h5-12H,1-4,13-16H2,(H,31,33)(H,32,34). The summed E-state index contributed by atoms with van der Waals surface area (Å²) in [6.07, 6.45) is -5.77. The Morgan fingerprint density at radius 1 is 0.605 bits per heavy atom. The van der Waals surface area contributed by atoms with Gasteiger partial charge in [0, 0.05) is 11.4 Å². The van der Waals surface area contributed by atoms with Gasteiger partial charge in [-0.2, -0.15) is 23.5 Å². The molecule has 0 aliphatic carbocycles. The number of hydrogen-bond donors (Lipinski definition) is 2. The van der Waals surface area contributed by atoms with Crippen molar-refractivity contribution >= 4 is 46.7 Å². The maximum Gasteiger partial charge on any atom is 0.573 e. The summed E-state index contributed by atoms with van der Waals surface area (Å²) in [5.74, 6) is 0.799. The third-order valence-electron chi connectivity index (χ3n) is 4.54. The third-order valence-corrected chi connectivity index (χ3v) is 6.62. The van der Waals surface area contributed by atoms with Gasteiger partial charge in [-0.25, -0.2) is 0 Å². The second kappa shape index (κ2) is 15.6. The van der Waals surface area contributed by atoms with E-state index in [4.69, 9.17) is 0 Å². The molecule has 0 saturated heterocycles. The first-order valence-electron chi connectivity index (χ1n) is 11.4. The number of benzene rings is 2. The number of carbonyl (C=O) groups excluding carboxylic acids is 2. The Bertz CT molecular complexity index is 921. The van der Waals surface area contributed by atoms with Crippen LogP contribution in [-0.4, -0.2) is 47.6 Å². The summed E-state index contributed by atoms with van der Waals surface area (Å²) >= 11 is 2.92. The first-order chi connectivity index (χ1) is 17.9. The van der Waals surface area contributed by atoms with Gasteiger partial charge in [-0.1, -0.05) is 12.8 Å². The lowest BCUT2D eigenvalue weighted by molar-refractivity contribution is -0.275. The highest BCUT2D eigenvalue weighted by molar-refractivity contribution is 8.00. The third kappa shape index (κ3) is 14.9. The maximum absolute atomic E-state index is 12.2. The first-order valence-corrected chi connectivity index (χ1v) is 13.7. The molecular weight excluding hydrogens is 558 g/mol. The molecule has 0 atom stereocenters. The zero-order valence-electron chi connectivity index (χ0n) is 20.0. The van der Waals surface area contributed by atoms with Crippen LogP contribution >= 0.6 is 23.5 Å². The van der Waals surface area contributed by atoms with E-state index in [2.05, 4.69) is 20.1 Å². The quantitative estimate of drug-likeness (QED) is 0.172. The molecule has 2 rings (SSSR count). The minimum absolute atomic E-state index is 0.226. The molecule has 0 fully saturated rings. The van der Waals surface area contributed by atoms with Crippen molar-refractivity contribution in [2.24, 2.45) is 0 Å². The van der Waals surface area contributed by atoms with E-state index < -0.39 is 12.7 Å². The van der Waals surface area contributed by atoms with E-state index in [1.54, 1.807) is 0 Å². The molecule has 6 nitrogen and oxygen atoms in total. The molecule has 0 aromatic heterocycles. The molecular formula is C24H26F6N2O4S2. The Morgan fingerprint density at radius 3 is 1.26 bits per heavy atom. The summed E-state index contributed by atoms with van der Waals surface area (Å²) < 4.78 is 80.5. The monoisotopic (exact) mass is 584 g/mol. The van der Waals surface area contributed by atoms with Crippen molar-refractivity contribution in [3.63, 3.8) is 0 Å². The Hall–Kier alpha value is -2.74. The smallest absolute Gasteiger partial charge is 0.406 e. The lowest BCUT2D eigenvalue weighted by Crippen LogP contribution is -2.17. The molecule has 0 radical (unpaired) electrons. The van der Waals surface area contributed by atoms with Crippen molar-refractivity contribution in [3.8, 4) is 11.5 Å². The van der Waals surface area contributed by atoms with Gasteiger partial charge in [-0.15, -0.1) is 26.3 Å². The molecule has 2 amide bonds. The molecule has 0 aliphatic heterocycles. The van der Waals surface area contributed by atoms with E-state index in [1.807, 2.05) is 0 Å². The van der Waals surface area contributed by atoms with Gasteiger partial charge in [0.1, 0.15) is 11.5 Å². The van der Waals surface area contributed by atoms with E-state index in [0.29, 0.717) is 11.4 Å². The van der Waals surface area contributed by atoms with Gasteiger partial charge in [-0.3, -0.25) is 9.59 Å². The zero-order chi connectivity index (χ0) is 28.0. The average molecular weight is 585 g/mol. The molecule has 14 heteroatoms. The number of carbonyl (C=O) groups is 2. The predicted molar refractivity (Wildman–Crippen MR) is 137 cm³/mol. The minimum atomic E-state index is -4.77. The first kappa shape index (κ1) is 31.5. The Kier molecular flexibility index (Phi) is 12.9. The van der Waals surface area contributed by atoms with Crippen LogP contribution in [-0.2, 0) is 9.59 Å². The van der Waals surface area contributed by atoms with E-state index in [-0.39, 0.29) is 34.8 Å². The Labute approximate surface area is 224 Å². The number of hydrogen-bond acceptors (Lipinski definition) is 6. The summed E-state index contributed by atoms with van der Waals surface area (Å²) in [5.41, 5.74) is 0.759. The molecule has 0 saturated carbocycles.